The summed E-state index contributed by atoms with van der Waals surface area (Å²) in [4.78, 5) is 0. The van der Waals surface area contributed by atoms with Crippen LogP contribution < -0.4 is 10.6 Å². The van der Waals surface area contributed by atoms with E-state index in [0.29, 0.717) is 6.04 Å². The normalized spacial score (nSPS) is 15.0. The lowest BCUT2D eigenvalue weighted by Gasteiger charge is -2.07. The first kappa shape index (κ1) is 10.4. The summed E-state index contributed by atoms with van der Waals surface area (Å²) in [5.41, 5.74) is 1.16. The zero-order valence-corrected chi connectivity index (χ0v) is 9.68. The van der Waals surface area contributed by atoms with Crippen LogP contribution in [-0.2, 0) is 13.1 Å². The molecule has 1 aliphatic rings. The number of hydrogen-bond acceptors (Lipinski definition) is 2. The predicted octanol–water partition coefficient (Wildman–Crippen LogP) is 1.03. The second kappa shape index (κ2) is 4.61. The fourth-order valence-electron chi connectivity index (χ4n) is 1.32. The molecule has 0 aromatic carbocycles. The Morgan fingerprint density at radius 2 is 2.47 bits per heavy atom. The summed E-state index contributed by atoms with van der Waals surface area (Å²) < 4.78 is 1.91. The fourth-order valence-corrected chi connectivity index (χ4v) is 1.56. The van der Waals surface area contributed by atoms with Gasteiger partial charge in [0, 0.05) is 30.9 Å². The molecule has 0 atom stereocenters. The molecule has 0 bridgehead atoms. The van der Waals surface area contributed by atoms with Crippen molar-refractivity contribution >= 4 is 17.3 Å². The first-order chi connectivity index (χ1) is 7.28. The molecule has 0 radical (unpaired) electrons. The van der Waals surface area contributed by atoms with Gasteiger partial charge in [-0.1, -0.05) is 0 Å². The van der Waals surface area contributed by atoms with Gasteiger partial charge in [-0.25, -0.2) is 0 Å². The summed E-state index contributed by atoms with van der Waals surface area (Å²) in [6, 6.07) is 0.614. The van der Waals surface area contributed by atoms with E-state index in [2.05, 4.69) is 22.7 Å². The number of hydrogen-bond donors (Lipinski definition) is 2. The smallest absolute Gasteiger partial charge is 0.166 e. The van der Waals surface area contributed by atoms with Crippen LogP contribution in [-0.4, -0.2) is 20.9 Å². The van der Waals surface area contributed by atoms with E-state index in [-0.39, 0.29) is 0 Å². The molecule has 5 heteroatoms. The highest BCUT2D eigenvalue weighted by molar-refractivity contribution is 7.80. The maximum Gasteiger partial charge on any atom is 0.166 e. The van der Waals surface area contributed by atoms with Gasteiger partial charge in [0.05, 0.1) is 6.20 Å². The molecule has 82 valence electrons. The number of aryl methyl sites for hydroxylation is 1. The highest BCUT2D eigenvalue weighted by Crippen LogP contribution is 2.18. The van der Waals surface area contributed by atoms with Crippen molar-refractivity contribution in [1.82, 2.24) is 20.4 Å². The van der Waals surface area contributed by atoms with Gasteiger partial charge in [0.2, 0.25) is 0 Å². The zero-order chi connectivity index (χ0) is 10.7. The third kappa shape index (κ3) is 3.20. The molecule has 1 saturated carbocycles. The fraction of sp³-hybridized carbons (Fsp3) is 0.600. The van der Waals surface area contributed by atoms with E-state index in [0.717, 1.165) is 23.8 Å². The van der Waals surface area contributed by atoms with E-state index in [1.54, 1.807) is 0 Å². The topological polar surface area (TPSA) is 41.9 Å². The van der Waals surface area contributed by atoms with E-state index in [1.807, 2.05) is 17.1 Å². The summed E-state index contributed by atoms with van der Waals surface area (Å²) >= 11 is 5.16. The Morgan fingerprint density at radius 1 is 1.67 bits per heavy atom. The molecule has 2 rings (SSSR count). The molecule has 4 nitrogen and oxygen atoms in total. The molecule has 0 spiro atoms. The van der Waals surface area contributed by atoms with Gasteiger partial charge >= 0.3 is 0 Å². The minimum atomic E-state index is 0.614. The van der Waals surface area contributed by atoms with Crippen LogP contribution in [0.5, 0.6) is 0 Å². The third-order valence-corrected chi connectivity index (χ3v) is 2.64. The molecule has 15 heavy (non-hydrogen) atoms. The van der Waals surface area contributed by atoms with Crippen molar-refractivity contribution in [3.8, 4) is 0 Å². The molecule has 1 aliphatic carbocycles. The maximum atomic E-state index is 5.16. The third-order valence-electron chi connectivity index (χ3n) is 2.38. The van der Waals surface area contributed by atoms with Crippen molar-refractivity contribution in [3.05, 3.63) is 18.0 Å². The second-order valence-electron chi connectivity index (χ2n) is 3.81. The Morgan fingerprint density at radius 3 is 3.07 bits per heavy atom. The minimum absolute atomic E-state index is 0.614. The van der Waals surface area contributed by atoms with Gasteiger partial charge in [0.1, 0.15) is 0 Å². The summed E-state index contributed by atoms with van der Waals surface area (Å²) in [6.45, 7) is 3.73. The Kier molecular flexibility index (Phi) is 3.20. The van der Waals surface area contributed by atoms with E-state index < -0.39 is 0 Å². The van der Waals surface area contributed by atoms with Gasteiger partial charge < -0.3 is 10.6 Å². The van der Waals surface area contributed by atoms with Crippen molar-refractivity contribution in [3.63, 3.8) is 0 Å². The molecule has 0 amide bonds. The molecule has 0 unspecified atom stereocenters. The number of nitrogens with zero attached hydrogens (tertiary/aromatic N) is 2. The molecule has 1 aromatic heterocycles. The van der Waals surface area contributed by atoms with Crippen molar-refractivity contribution in [2.75, 3.05) is 0 Å². The Balaban J connectivity index is 1.73. The van der Waals surface area contributed by atoms with Crippen molar-refractivity contribution in [1.29, 1.82) is 0 Å². The first-order valence-electron chi connectivity index (χ1n) is 5.33. The van der Waals surface area contributed by atoms with Crippen molar-refractivity contribution in [2.24, 2.45) is 0 Å². The van der Waals surface area contributed by atoms with E-state index in [1.165, 1.54) is 12.8 Å². The Labute approximate surface area is 95.0 Å². The predicted molar refractivity (Wildman–Crippen MR) is 63.5 cm³/mol. The summed E-state index contributed by atoms with van der Waals surface area (Å²) in [5.74, 6) is 0. The lowest BCUT2D eigenvalue weighted by Crippen LogP contribution is -2.35. The average molecular weight is 224 g/mol. The van der Waals surface area contributed by atoms with Gasteiger partial charge in [-0.05, 0) is 32.0 Å². The highest BCUT2D eigenvalue weighted by atomic mass is 32.1. The maximum absolute atomic E-state index is 5.16. The number of aromatic nitrogens is 2. The molecule has 0 saturated heterocycles. The van der Waals surface area contributed by atoms with Gasteiger partial charge in [-0.2, -0.15) is 5.10 Å². The van der Waals surface area contributed by atoms with Gasteiger partial charge in [-0.3, -0.25) is 4.68 Å². The second-order valence-corrected chi connectivity index (χ2v) is 4.21. The van der Waals surface area contributed by atoms with Crippen LogP contribution in [0.2, 0.25) is 0 Å². The van der Waals surface area contributed by atoms with Gasteiger partial charge in [-0.15, -0.1) is 0 Å². The minimum Gasteiger partial charge on any atom is -0.360 e. The van der Waals surface area contributed by atoms with Crippen LogP contribution in [0.25, 0.3) is 0 Å². The van der Waals surface area contributed by atoms with Crippen LogP contribution in [0.3, 0.4) is 0 Å². The van der Waals surface area contributed by atoms with Crippen LogP contribution in [0.4, 0.5) is 0 Å². The van der Waals surface area contributed by atoms with Crippen molar-refractivity contribution < 1.29 is 0 Å². The lowest BCUT2D eigenvalue weighted by molar-refractivity contribution is 0.659. The molecular weight excluding hydrogens is 208 g/mol. The summed E-state index contributed by atoms with van der Waals surface area (Å²) in [5, 5.41) is 11.4. The van der Waals surface area contributed by atoms with Crippen LogP contribution in [0.1, 0.15) is 25.3 Å². The Hall–Kier alpha value is -1.10. The molecule has 1 aromatic rings. The van der Waals surface area contributed by atoms with Gasteiger partial charge in [0.15, 0.2) is 5.11 Å². The van der Waals surface area contributed by atoms with E-state index in [4.69, 9.17) is 12.2 Å². The summed E-state index contributed by atoms with van der Waals surface area (Å²) in [6.07, 6.45) is 6.40. The highest BCUT2D eigenvalue weighted by Gasteiger charge is 2.21. The lowest BCUT2D eigenvalue weighted by atomic mass is 10.4. The molecular formula is C10H16N4S. The van der Waals surface area contributed by atoms with Crippen LogP contribution in [0.15, 0.2) is 12.4 Å². The van der Waals surface area contributed by atoms with E-state index in [9.17, 15) is 0 Å². The van der Waals surface area contributed by atoms with Crippen LogP contribution >= 0.6 is 12.2 Å². The Bertz CT molecular complexity index is 343. The molecule has 1 fully saturated rings. The molecule has 0 aliphatic heterocycles. The van der Waals surface area contributed by atoms with Crippen LogP contribution in [0, 0.1) is 0 Å². The molecule has 2 N–H and O–H groups in total. The van der Waals surface area contributed by atoms with E-state index >= 15 is 0 Å². The molecule has 1 heterocycles. The zero-order valence-electron chi connectivity index (χ0n) is 8.86. The first-order valence-corrected chi connectivity index (χ1v) is 5.74. The SMILES string of the molecule is CCn1cc(CNC(=S)NC2CC2)cn1. The monoisotopic (exact) mass is 224 g/mol. The quantitative estimate of drug-likeness (QED) is 0.750. The van der Waals surface area contributed by atoms with Gasteiger partial charge in [0.25, 0.3) is 0 Å². The number of rotatable bonds is 4. The summed E-state index contributed by atoms with van der Waals surface area (Å²) in [7, 11) is 0. The average Bonchev–Trinajstić information content (AvgIpc) is 2.92. The largest absolute Gasteiger partial charge is 0.360 e. The number of nitrogens with one attached hydrogen (secondary N) is 2. The number of thiocarbonyl (C=S) groups is 1. The standard InChI is InChI=1S/C10H16N4S/c1-2-14-7-8(6-12-14)5-11-10(15)13-9-3-4-9/h6-7,9H,2-5H2,1H3,(H2,11,13,15). The van der Waals surface area contributed by atoms with Crippen molar-refractivity contribution in [2.45, 2.75) is 38.9 Å².